The van der Waals surface area contributed by atoms with E-state index in [2.05, 4.69) is 4.90 Å². The zero-order valence-corrected chi connectivity index (χ0v) is 19.4. The quantitative estimate of drug-likeness (QED) is 0.636. The molecule has 2 saturated heterocycles. The summed E-state index contributed by atoms with van der Waals surface area (Å²) in [5.41, 5.74) is 2.85. The number of nitrogens with zero attached hydrogens (tertiary/aromatic N) is 6. The number of likely N-dealkylation sites (N-methyl/N-ethyl adjacent to an activating group) is 1. The van der Waals surface area contributed by atoms with Crippen molar-refractivity contribution in [3.05, 3.63) is 35.7 Å². The number of imidazole rings is 1. The van der Waals surface area contributed by atoms with Crippen LogP contribution in [0.5, 0.6) is 5.75 Å². The molecule has 2 fully saturated rings. The Morgan fingerprint density at radius 1 is 1.18 bits per heavy atom. The van der Waals surface area contributed by atoms with Crippen molar-refractivity contribution in [3.63, 3.8) is 0 Å². The highest BCUT2D eigenvalue weighted by atomic mass is 16.5. The van der Waals surface area contributed by atoms with Crippen LogP contribution in [0, 0.1) is 13.8 Å². The third-order valence-corrected chi connectivity index (χ3v) is 6.53. The van der Waals surface area contributed by atoms with Gasteiger partial charge in [-0.05, 0) is 31.5 Å². The second-order valence-electron chi connectivity index (χ2n) is 8.65. The third kappa shape index (κ3) is 3.50. The number of urea groups is 1. The minimum absolute atomic E-state index is 0.248. The van der Waals surface area contributed by atoms with Crippen LogP contribution < -0.4 is 9.30 Å². The van der Waals surface area contributed by atoms with E-state index >= 15 is 0 Å². The van der Waals surface area contributed by atoms with E-state index < -0.39 is 6.04 Å². The summed E-state index contributed by atoms with van der Waals surface area (Å²) >= 11 is 0. The number of amides is 3. The number of hydrogen-bond donors (Lipinski definition) is 0. The van der Waals surface area contributed by atoms with E-state index in [-0.39, 0.29) is 11.9 Å². The number of aromatic nitrogens is 2. The molecule has 0 radical (unpaired) electrons. The Balaban J connectivity index is 1.50. The first-order valence-electron chi connectivity index (χ1n) is 11.2. The van der Waals surface area contributed by atoms with Crippen LogP contribution in [0.15, 0.2) is 29.4 Å². The topological polar surface area (TPSA) is 83.5 Å². The van der Waals surface area contributed by atoms with Gasteiger partial charge in [0.15, 0.2) is 5.75 Å². The van der Waals surface area contributed by atoms with Gasteiger partial charge in [-0.15, -0.1) is 0 Å². The summed E-state index contributed by atoms with van der Waals surface area (Å²) in [5.74, 6) is 1.50. The van der Waals surface area contributed by atoms with Crippen molar-refractivity contribution in [2.75, 3.05) is 53.6 Å². The van der Waals surface area contributed by atoms with E-state index in [4.69, 9.17) is 14.5 Å². The lowest BCUT2D eigenvalue weighted by Crippen LogP contribution is -2.63. The van der Waals surface area contributed by atoms with Gasteiger partial charge in [0.2, 0.25) is 11.9 Å². The number of morpholine rings is 1. The molecule has 1 atom stereocenters. The molecule has 0 spiro atoms. The first-order valence-corrected chi connectivity index (χ1v) is 11.2. The largest absolute Gasteiger partial charge is 0.493 e. The zero-order valence-electron chi connectivity index (χ0n) is 19.4. The van der Waals surface area contributed by atoms with Crippen LogP contribution in [0.4, 0.5) is 10.7 Å². The molecule has 1 aromatic heterocycles. The maximum Gasteiger partial charge on any atom is 0.407 e. The Morgan fingerprint density at radius 2 is 1.94 bits per heavy atom. The average Bonchev–Trinajstić information content (AvgIpc) is 3.32. The van der Waals surface area contributed by atoms with Crippen LogP contribution in [0.25, 0.3) is 5.69 Å². The van der Waals surface area contributed by atoms with Crippen molar-refractivity contribution in [1.82, 2.24) is 19.3 Å². The Bertz CT molecular complexity index is 1150. The van der Waals surface area contributed by atoms with Gasteiger partial charge in [0.25, 0.3) is 5.91 Å². The number of ether oxygens (including phenoxy) is 2. The lowest BCUT2D eigenvalue weighted by atomic mass is 10.1. The number of rotatable bonds is 5. The van der Waals surface area contributed by atoms with Crippen LogP contribution in [-0.2, 0) is 9.53 Å². The van der Waals surface area contributed by atoms with Gasteiger partial charge in [0.05, 0.1) is 20.3 Å². The summed E-state index contributed by atoms with van der Waals surface area (Å²) in [6.07, 6.45) is 1.92. The van der Waals surface area contributed by atoms with Crippen molar-refractivity contribution in [2.24, 2.45) is 4.99 Å². The zero-order chi connectivity index (χ0) is 23.3. The monoisotopic (exact) mass is 453 g/mol. The first kappa shape index (κ1) is 21.6. The summed E-state index contributed by atoms with van der Waals surface area (Å²) in [6, 6.07) is 4.93. The summed E-state index contributed by atoms with van der Waals surface area (Å²) < 4.78 is 14.8. The molecule has 174 valence electrons. The fourth-order valence-electron chi connectivity index (χ4n) is 4.73. The minimum atomic E-state index is -0.664. The number of aliphatic imine (C=N–C) groups is 1. The second-order valence-corrected chi connectivity index (χ2v) is 8.65. The Kier molecular flexibility index (Phi) is 5.41. The fourth-order valence-corrected chi connectivity index (χ4v) is 4.73. The molecule has 10 heteroatoms. The van der Waals surface area contributed by atoms with E-state index in [1.807, 2.05) is 47.4 Å². The summed E-state index contributed by atoms with van der Waals surface area (Å²) in [7, 11) is 3.31. The molecular formula is C23H29N6O4+. The molecule has 0 bridgehead atoms. The van der Waals surface area contributed by atoms with E-state index in [9.17, 15) is 9.59 Å². The number of carbonyl (C=O) groups is 2. The lowest BCUT2D eigenvalue weighted by molar-refractivity contribution is -0.676. The standard InChI is InChI=1S/C23H29N6O4/c1-15-5-6-18(32-4)17(13-15)29-16(2)14-28-19-20(24-22(28)29)25(3)23(31)27(21(19)30)8-7-26-9-11-33-12-10-26/h5-6,13-14,19H,7-12H2,1-4H3/q+1. The highest BCUT2D eigenvalue weighted by Crippen LogP contribution is 2.34. The molecule has 0 aliphatic carbocycles. The molecule has 0 saturated carbocycles. The number of methoxy groups -OCH3 is 1. The molecule has 3 aliphatic rings. The van der Waals surface area contributed by atoms with E-state index in [1.165, 1.54) is 9.80 Å². The van der Waals surface area contributed by atoms with Crippen molar-refractivity contribution in [2.45, 2.75) is 19.9 Å². The van der Waals surface area contributed by atoms with Crippen molar-refractivity contribution < 1.29 is 23.6 Å². The van der Waals surface area contributed by atoms with Crippen LogP contribution >= 0.6 is 0 Å². The molecule has 3 amide bonds. The normalized spacial score (nSPS) is 20.7. The highest BCUT2D eigenvalue weighted by Gasteiger charge is 2.53. The molecule has 3 aliphatic heterocycles. The summed E-state index contributed by atoms with van der Waals surface area (Å²) in [5, 5.41) is 0. The molecule has 5 rings (SSSR count). The Labute approximate surface area is 192 Å². The predicted octanol–water partition coefficient (Wildman–Crippen LogP) is 1.20. The number of amidine groups is 1. The summed E-state index contributed by atoms with van der Waals surface area (Å²) in [4.78, 5) is 36.4. The molecular weight excluding hydrogens is 424 g/mol. The first-order chi connectivity index (χ1) is 15.9. The summed E-state index contributed by atoms with van der Waals surface area (Å²) in [6.45, 7) is 7.93. The molecule has 33 heavy (non-hydrogen) atoms. The van der Waals surface area contributed by atoms with Gasteiger partial charge in [-0.1, -0.05) is 11.1 Å². The molecule has 1 aromatic carbocycles. The van der Waals surface area contributed by atoms with Crippen LogP contribution in [0.3, 0.4) is 0 Å². The van der Waals surface area contributed by atoms with E-state index in [1.54, 1.807) is 14.2 Å². The molecule has 1 unspecified atom stereocenters. The van der Waals surface area contributed by atoms with Crippen molar-refractivity contribution >= 4 is 23.7 Å². The molecule has 2 aromatic rings. The average molecular weight is 454 g/mol. The van der Waals surface area contributed by atoms with Gasteiger partial charge in [-0.25, -0.2) is 9.36 Å². The van der Waals surface area contributed by atoms with E-state index in [0.29, 0.717) is 43.8 Å². The van der Waals surface area contributed by atoms with Gasteiger partial charge < -0.3 is 9.47 Å². The smallest absolute Gasteiger partial charge is 0.407 e. The van der Waals surface area contributed by atoms with Gasteiger partial charge in [-0.2, -0.15) is 4.57 Å². The maximum absolute atomic E-state index is 13.5. The maximum atomic E-state index is 13.5. The number of carbonyl (C=O) groups excluding carboxylic acids is 2. The molecule has 0 N–H and O–H groups in total. The number of imide groups is 1. The number of fused-ring (bicyclic) bond motifs is 3. The molecule has 10 nitrogen and oxygen atoms in total. The van der Waals surface area contributed by atoms with Gasteiger partial charge in [-0.3, -0.25) is 19.5 Å². The van der Waals surface area contributed by atoms with Crippen molar-refractivity contribution in [1.29, 1.82) is 0 Å². The minimum Gasteiger partial charge on any atom is -0.493 e. The third-order valence-electron chi connectivity index (χ3n) is 6.53. The van der Waals surface area contributed by atoms with Gasteiger partial charge in [0, 0.05) is 33.2 Å². The Hall–Kier alpha value is -3.24. The SMILES string of the molecule is COc1ccc(C)cc1-n1c(C)c[n+]2c1N=C1C2C(=O)N(CCN2CCOCC2)C(=O)N1C. The second kappa shape index (κ2) is 8.27. The predicted molar refractivity (Wildman–Crippen MR) is 120 cm³/mol. The van der Waals surface area contributed by atoms with Crippen molar-refractivity contribution in [3.8, 4) is 11.4 Å². The number of benzene rings is 1. The number of hydrogen-bond acceptors (Lipinski definition) is 6. The van der Waals surface area contributed by atoms with Crippen LogP contribution in [0.2, 0.25) is 0 Å². The highest BCUT2D eigenvalue weighted by molar-refractivity contribution is 6.19. The Morgan fingerprint density at radius 3 is 2.67 bits per heavy atom. The number of aryl methyl sites for hydroxylation is 2. The fraction of sp³-hybridized carbons (Fsp3) is 0.478. The van der Waals surface area contributed by atoms with Crippen LogP contribution in [0.1, 0.15) is 17.3 Å². The lowest BCUT2D eigenvalue weighted by Gasteiger charge is -2.35. The van der Waals surface area contributed by atoms with Gasteiger partial charge in [0.1, 0.15) is 17.6 Å². The van der Waals surface area contributed by atoms with E-state index in [0.717, 1.165) is 30.0 Å². The van der Waals surface area contributed by atoms with Gasteiger partial charge >= 0.3 is 12.0 Å². The molecule has 4 heterocycles. The van der Waals surface area contributed by atoms with Crippen LogP contribution in [-0.4, -0.2) is 90.6 Å².